The number of amides is 1. The van der Waals surface area contributed by atoms with Gasteiger partial charge in [0.2, 0.25) is 5.91 Å². The Morgan fingerprint density at radius 2 is 1.83 bits per heavy atom. The predicted molar refractivity (Wildman–Crippen MR) is 92.4 cm³/mol. The van der Waals surface area contributed by atoms with Crippen LogP contribution in [-0.4, -0.2) is 40.4 Å². The molecule has 2 saturated heterocycles. The van der Waals surface area contributed by atoms with Crippen LogP contribution in [0.25, 0.3) is 0 Å². The zero-order valence-electron chi connectivity index (χ0n) is 13.8. The molecule has 4 rings (SSSR count). The van der Waals surface area contributed by atoms with Gasteiger partial charge < -0.3 is 4.90 Å². The summed E-state index contributed by atoms with van der Waals surface area (Å²) < 4.78 is 0. The number of anilines is 1. The maximum Gasteiger partial charge on any atom is 0.234 e. The normalized spacial score (nSPS) is 24.7. The van der Waals surface area contributed by atoms with Gasteiger partial charge in [0.05, 0.1) is 23.5 Å². The minimum atomic E-state index is -0.233. The lowest BCUT2D eigenvalue weighted by Gasteiger charge is -2.39. The fraction of sp³-hybridized carbons (Fsp3) is 0.421. The van der Waals surface area contributed by atoms with E-state index >= 15 is 0 Å². The third-order valence-electron chi connectivity index (χ3n) is 5.28. The summed E-state index contributed by atoms with van der Waals surface area (Å²) in [6.07, 6.45) is 7.95. The van der Waals surface area contributed by atoms with E-state index in [0.717, 1.165) is 51.1 Å². The van der Waals surface area contributed by atoms with Crippen molar-refractivity contribution in [1.29, 1.82) is 0 Å². The number of piperidine rings is 1. The largest absolute Gasteiger partial charge is 0.309 e. The maximum absolute atomic E-state index is 13.1. The summed E-state index contributed by atoms with van der Waals surface area (Å²) in [5.41, 5.74) is 1.90. The van der Waals surface area contributed by atoms with E-state index in [2.05, 4.69) is 39.1 Å². The van der Waals surface area contributed by atoms with Crippen LogP contribution >= 0.6 is 0 Å². The Morgan fingerprint density at radius 1 is 1.04 bits per heavy atom. The molecular formula is C19H22N4O. The van der Waals surface area contributed by atoms with Crippen LogP contribution in [0.4, 0.5) is 5.69 Å². The van der Waals surface area contributed by atoms with Crippen molar-refractivity contribution in [2.75, 3.05) is 24.5 Å². The summed E-state index contributed by atoms with van der Waals surface area (Å²) in [5.74, 6) is 0.245. The first kappa shape index (κ1) is 15.3. The highest BCUT2D eigenvalue weighted by Gasteiger charge is 2.49. The molecule has 0 unspecified atom stereocenters. The monoisotopic (exact) mass is 322 g/mol. The average molecular weight is 322 g/mol. The van der Waals surface area contributed by atoms with Crippen LogP contribution in [0, 0.1) is 5.41 Å². The summed E-state index contributed by atoms with van der Waals surface area (Å²) in [4.78, 5) is 25.5. The molecule has 3 heterocycles. The summed E-state index contributed by atoms with van der Waals surface area (Å²) in [6, 6.07) is 10.5. The second-order valence-electron chi connectivity index (χ2n) is 6.88. The fourth-order valence-corrected chi connectivity index (χ4v) is 4.08. The number of hydrogen-bond donors (Lipinski definition) is 0. The zero-order valence-corrected chi connectivity index (χ0v) is 13.8. The quantitative estimate of drug-likeness (QED) is 0.871. The molecule has 1 amide bonds. The van der Waals surface area contributed by atoms with Gasteiger partial charge in [-0.15, -0.1) is 0 Å². The van der Waals surface area contributed by atoms with E-state index in [0.29, 0.717) is 0 Å². The van der Waals surface area contributed by atoms with Crippen LogP contribution in [-0.2, 0) is 11.3 Å². The Labute approximate surface area is 142 Å². The lowest BCUT2D eigenvalue weighted by Crippen LogP contribution is -2.47. The molecule has 1 aromatic carbocycles. The van der Waals surface area contributed by atoms with Gasteiger partial charge in [0.15, 0.2) is 0 Å². The van der Waals surface area contributed by atoms with Gasteiger partial charge in [0, 0.05) is 19.6 Å². The van der Waals surface area contributed by atoms with Gasteiger partial charge in [-0.1, -0.05) is 30.3 Å². The molecule has 0 saturated carbocycles. The van der Waals surface area contributed by atoms with Gasteiger partial charge in [-0.25, -0.2) is 9.97 Å². The van der Waals surface area contributed by atoms with Gasteiger partial charge in [-0.2, -0.15) is 0 Å². The van der Waals surface area contributed by atoms with E-state index in [4.69, 9.17) is 0 Å². The predicted octanol–water partition coefficient (Wildman–Crippen LogP) is 2.50. The molecule has 124 valence electrons. The molecule has 2 aromatic rings. The standard InChI is InChI=1S/C19H22N4O/c24-18-19(8-10-23(18)17-11-20-15-21-12-17)7-4-9-22(14-19)13-16-5-2-1-3-6-16/h1-3,5-6,11-12,15H,4,7-10,13-14H2/t19-/m0/s1. The Kier molecular flexibility index (Phi) is 4.02. The number of nitrogens with zero attached hydrogens (tertiary/aromatic N) is 4. The third kappa shape index (κ3) is 2.80. The molecule has 2 aliphatic heterocycles. The van der Waals surface area contributed by atoms with Crippen molar-refractivity contribution in [3.8, 4) is 0 Å². The molecule has 0 radical (unpaired) electrons. The summed E-state index contributed by atoms with van der Waals surface area (Å²) >= 11 is 0. The van der Waals surface area contributed by atoms with Crippen molar-refractivity contribution >= 4 is 11.6 Å². The van der Waals surface area contributed by atoms with Crippen LogP contribution < -0.4 is 4.90 Å². The molecule has 2 aliphatic rings. The lowest BCUT2D eigenvalue weighted by molar-refractivity contribution is -0.128. The second kappa shape index (κ2) is 6.32. The number of carbonyl (C=O) groups excluding carboxylic acids is 1. The molecule has 5 nitrogen and oxygen atoms in total. The molecule has 24 heavy (non-hydrogen) atoms. The lowest BCUT2D eigenvalue weighted by atomic mass is 9.78. The Morgan fingerprint density at radius 3 is 2.62 bits per heavy atom. The van der Waals surface area contributed by atoms with Crippen LogP contribution in [0.1, 0.15) is 24.8 Å². The van der Waals surface area contributed by atoms with Gasteiger partial charge in [-0.05, 0) is 31.4 Å². The molecule has 0 aliphatic carbocycles. The molecule has 0 bridgehead atoms. The molecule has 1 atom stereocenters. The highest BCUT2D eigenvalue weighted by molar-refractivity contribution is 5.99. The number of aromatic nitrogens is 2. The maximum atomic E-state index is 13.1. The smallest absolute Gasteiger partial charge is 0.234 e. The van der Waals surface area contributed by atoms with E-state index in [1.54, 1.807) is 12.4 Å². The van der Waals surface area contributed by atoms with Crippen LogP contribution in [0.15, 0.2) is 49.1 Å². The summed E-state index contributed by atoms with van der Waals surface area (Å²) in [7, 11) is 0. The molecule has 1 aromatic heterocycles. The first-order valence-corrected chi connectivity index (χ1v) is 8.60. The van der Waals surface area contributed by atoms with E-state index in [-0.39, 0.29) is 11.3 Å². The molecule has 5 heteroatoms. The fourth-order valence-electron chi connectivity index (χ4n) is 4.08. The minimum Gasteiger partial charge on any atom is -0.309 e. The number of benzene rings is 1. The van der Waals surface area contributed by atoms with Crippen molar-refractivity contribution < 1.29 is 4.79 Å². The minimum absolute atomic E-state index is 0.233. The molecule has 0 N–H and O–H groups in total. The highest BCUT2D eigenvalue weighted by atomic mass is 16.2. The van der Waals surface area contributed by atoms with E-state index in [1.165, 1.54) is 11.9 Å². The second-order valence-corrected chi connectivity index (χ2v) is 6.88. The number of hydrogen-bond acceptors (Lipinski definition) is 4. The Bertz CT molecular complexity index is 706. The van der Waals surface area contributed by atoms with Crippen molar-refractivity contribution in [3.05, 3.63) is 54.6 Å². The Balaban J connectivity index is 1.50. The van der Waals surface area contributed by atoms with Crippen molar-refractivity contribution in [1.82, 2.24) is 14.9 Å². The highest BCUT2D eigenvalue weighted by Crippen LogP contribution is 2.41. The average Bonchev–Trinajstić information content (AvgIpc) is 2.93. The van der Waals surface area contributed by atoms with E-state index in [1.807, 2.05) is 11.0 Å². The Hall–Kier alpha value is -2.27. The van der Waals surface area contributed by atoms with Crippen molar-refractivity contribution in [2.45, 2.75) is 25.8 Å². The first-order chi connectivity index (χ1) is 11.8. The first-order valence-electron chi connectivity index (χ1n) is 8.60. The van der Waals surface area contributed by atoms with Gasteiger partial charge in [0.25, 0.3) is 0 Å². The number of carbonyl (C=O) groups is 1. The SMILES string of the molecule is O=C1N(c2cncnc2)CC[C@]12CCCN(Cc1ccccc1)C2. The topological polar surface area (TPSA) is 49.3 Å². The molecule has 1 spiro atoms. The number of likely N-dealkylation sites (tertiary alicyclic amines) is 1. The molecular weight excluding hydrogens is 300 g/mol. The van der Waals surface area contributed by atoms with E-state index in [9.17, 15) is 4.79 Å². The van der Waals surface area contributed by atoms with Gasteiger partial charge >= 0.3 is 0 Å². The van der Waals surface area contributed by atoms with Crippen LogP contribution in [0.5, 0.6) is 0 Å². The van der Waals surface area contributed by atoms with Crippen molar-refractivity contribution in [2.24, 2.45) is 5.41 Å². The third-order valence-corrected chi connectivity index (χ3v) is 5.28. The number of rotatable bonds is 3. The summed E-state index contributed by atoms with van der Waals surface area (Å²) in [6.45, 7) is 3.61. The molecule has 2 fully saturated rings. The van der Waals surface area contributed by atoms with Crippen LogP contribution in [0.3, 0.4) is 0 Å². The van der Waals surface area contributed by atoms with E-state index < -0.39 is 0 Å². The van der Waals surface area contributed by atoms with Crippen molar-refractivity contribution in [3.63, 3.8) is 0 Å². The van der Waals surface area contributed by atoms with Crippen LogP contribution in [0.2, 0.25) is 0 Å². The summed E-state index contributed by atoms with van der Waals surface area (Å²) in [5, 5.41) is 0. The zero-order chi connectivity index (χ0) is 16.4. The van der Waals surface area contributed by atoms with Gasteiger partial charge in [-0.3, -0.25) is 9.69 Å². The van der Waals surface area contributed by atoms with Gasteiger partial charge in [0.1, 0.15) is 6.33 Å².